The maximum Gasteiger partial charge on any atom is 0.328 e. The summed E-state index contributed by atoms with van der Waals surface area (Å²) in [5.74, 6) is -0.948. The first kappa shape index (κ1) is 9.95. The average Bonchev–Trinajstić information content (AvgIpc) is 2.50. The Morgan fingerprint density at radius 1 is 1.69 bits per heavy atom. The molecule has 0 amide bonds. The van der Waals surface area contributed by atoms with E-state index in [1.54, 1.807) is 13.0 Å². The van der Waals surface area contributed by atoms with Gasteiger partial charge in [0, 0.05) is 11.0 Å². The van der Waals surface area contributed by atoms with Gasteiger partial charge in [-0.2, -0.15) is 0 Å². The molecule has 0 fully saturated rings. The van der Waals surface area contributed by atoms with E-state index in [1.165, 1.54) is 11.3 Å². The Hall–Kier alpha value is -1.13. The van der Waals surface area contributed by atoms with E-state index in [-0.39, 0.29) is 6.61 Å². The van der Waals surface area contributed by atoms with Crippen molar-refractivity contribution in [1.29, 1.82) is 0 Å². The second-order valence-corrected chi connectivity index (χ2v) is 3.55. The van der Waals surface area contributed by atoms with E-state index in [0.717, 1.165) is 16.5 Å². The molecule has 0 radical (unpaired) electrons. The zero-order valence-electron chi connectivity index (χ0n) is 7.15. The number of aliphatic hydroxyl groups excluding tert-OH is 1. The third kappa shape index (κ3) is 2.68. The van der Waals surface area contributed by atoms with Gasteiger partial charge in [-0.25, -0.2) is 4.79 Å². The third-order valence-electron chi connectivity index (χ3n) is 1.56. The Morgan fingerprint density at radius 3 is 2.85 bits per heavy atom. The lowest BCUT2D eigenvalue weighted by molar-refractivity contribution is -0.131. The molecule has 0 unspecified atom stereocenters. The molecule has 0 aliphatic carbocycles. The summed E-state index contributed by atoms with van der Waals surface area (Å²) < 4.78 is 0. The minimum absolute atomic E-state index is 0.00312. The third-order valence-corrected chi connectivity index (χ3v) is 2.68. The van der Waals surface area contributed by atoms with Gasteiger partial charge in [0.15, 0.2) is 0 Å². The predicted octanol–water partition coefficient (Wildman–Crippen LogP) is 1.73. The lowest BCUT2D eigenvalue weighted by atomic mass is 10.2. The summed E-state index contributed by atoms with van der Waals surface area (Å²) in [6.07, 6.45) is 1.16. The summed E-state index contributed by atoms with van der Waals surface area (Å²) in [6, 6.07) is 1.79. The molecule has 1 aromatic heterocycles. The highest BCUT2D eigenvalue weighted by Gasteiger charge is 2.02. The van der Waals surface area contributed by atoms with Crippen LogP contribution < -0.4 is 0 Å². The van der Waals surface area contributed by atoms with Gasteiger partial charge in [0.1, 0.15) is 0 Å². The molecule has 1 aromatic rings. The SMILES string of the molecule is C/C(=C\C(=O)O)c1cc(CO)cs1. The molecule has 2 N–H and O–H groups in total. The monoisotopic (exact) mass is 198 g/mol. The quantitative estimate of drug-likeness (QED) is 0.727. The van der Waals surface area contributed by atoms with Gasteiger partial charge < -0.3 is 10.2 Å². The van der Waals surface area contributed by atoms with Gasteiger partial charge in [-0.1, -0.05) is 0 Å². The van der Waals surface area contributed by atoms with Crippen molar-refractivity contribution in [2.24, 2.45) is 0 Å². The standard InChI is InChI=1S/C9H10O3S/c1-6(2-9(11)12)8-3-7(4-10)5-13-8/h2-3,5,10H,4H2,1H3,(H,11,12)/b6-2+. The van der Waals surface area contributed by atoms with Gasteiger partial charge >= 0.3 is 5.97 Å². The van der Waals surface area contributed by atoms with E-state index in [2.05, 4.69) is 0 Å². The molecule has 0 saturated carbocycles. The number of allylic oxidation sites excluding steroid dienone is 1. The molecular formula is C9H10O3S. The summed E-state index contributed by atoms with van der Waals surface area (Å²) in [5, 5.41) is 19.1. The molecule has 70 valence electrons. The minimum atomic E-state index is -0.948. The number of hydrogen-bond acceptors (Lipinski definition) is 3. The van der Waals surface area contributed by atoms with Crippen LogP contribution in [0.25, 0.3) is 5.57 Å². The molecule has 1 heterocycles. The number of thiophene rings is 1. The van der Waals surface area contributed by atoms with Gasteiger partial charge in [0.05, 0.1) is 6.61 Å². The van der Waals surface area contributed by atoms with Crippen LogP contribution in [0.1, 0.15) is 17.4 Å². The van der Waals surface area contributed by atoms with Crippen molar-refractivity contribution in [3.8, 4) is 0 Å². The van der Waals surface area contributed by atoms with Crippen molar-refractivity contribution in [1.82, 2.24) is 0 Å². The van der Waals surface area contributed by atoms with Crippen molar-refractivity contribution in [3.05, 3.63) is 28.0 Å². The van der Waals surface area contributed by atoms with Crippen LogP contribution in [0.3, 0.4) is 0 Å². The molecule has 0 aliphatic rings. The van der Waals surface area contributed by atoms with Crippen molar-refractivity contribution < 1.29 is 15.0 Å². The Morgan fingerprint density at radius 2 is 2.38 bits per heavy atom. The van der Waals surface area contributed by atoms with E-state index >= 15 is 0 Å². The van der Waals surface area contributed by atoms with Crippen LogP contribution in [0.5, 0.6) is 0 Å². The van der Waals surface area contributed by atoms with Crippen LogP contribution in [0, 0.1) is 0 Å². The molecule has 0 atom stereocenters. The number of rotatable bonds is 3. The largest absolute Gasteiger partial charge is 0.478 e. The number of carboxylic acids is 1. The van der Waals surface area contributed by atoms with Gasteiger partial charge in [0.2, 0.25) is 0 Å². The molecule has 0 aromatic carbocycles. The van der Waals surface area contributed by atoms with Crippen LogP contribution in [-0.4, -0.2) is 16.2 Å². The second-order valence-electron chi connectivity index (χ2n) is 2.64. The smallest absolute Gasteiger partial charge is 0.328 e. The number of aliphatic carboxylic acids is 1. The van der Waals surface area contributed by atoms with Gasteiger partial charge in [-0.15, -0.1) is 11.3 Å². The fourth-order valence-corrected chi connectivity index (χ4v) is 1.81. The Bertz CT molecular complexity index is 338. The summed E-state index contributed by atoms with van der Waals surface area (Å²) in [6.45, 7) is 1.73. The van der Waals surface area contributed by atoms with Crippen LogP contribution in [0.4, 0.5) is 0 Å². The predicted molar refractivity (Wildman–Crippen MR) is 51.5 cm³/mol. The van der Waals surface area contributed by atoms with E-state index in [9.17, 15) is 4.79 Å². The summed E-state index contributed by atoms with van der Waals surface area (Å²) >= 11 is 1.43. The number of hydrogen-bond donors (Lipinski definition) is 2. The zero-order chi connectivity index (χ0) is 9.84. The molecule has 0 saturated heterocycles. The number of aliphatic hydroxyl groups is 1. The topological polar surface area (TPSA) is 57.5 Å². The molecule has 0 bridgehead atoms. The van der Waals surface area contributed by atoms with E-state index < -0.39 is 5.97 Å². The van der Waals surface area contributed by atoms with Gasteiger partial charge in [-0.3, -0.25) is 0 Å². The van der Waals surface area contributed by atoms with Gasteiger partial charge in [0.25, 0.3) is 0 Å². The van der Waals surface area contributed by atoms with Crippen molar-refractivity contribution >= 4 is 22.9 Å². The lowest BCUT2D eigenvalue weighted by Crippen LogP contribution is -1.88. The highest BCUT2D eigenvalue weighted by molar-refractivity contribution is 7.11. The molecule has 3 nitrogen and oxygen atoms in total. The first-order valence-corrected chi connectivity index (χ1v) is 4.61. The molecule has 1 rings (SSSR count). The number of carbonyl (C=O) groups is 1. The Balaban J connectivity index is 2.88. The van der Waals surface area contributed by atoms with Crippen LogP contribution in [0.2, 0.25) is 0 Å². The maximum absolute atomic E-state index is 10.3. The molecule has 4 heteroatoms. The molecule has 0 aliphatic heterocycles. The van der Waals surface area contributed by atoms with Gasteiger partial charge in [-0.05, 0) is 29.5 Å². The van der Waals surface area contributed by atoms with E-state index in [1.807, 2.05) is 5.38 Å². The van der Waals surface area contributed by atoms with Crippen LogP contribution >= 0.6 is 11.3 Å². The summed E-state index contributed by atoms with van der Waals surface area (Å²) in [5.41, 5.74) is 1.52. The van der Waals surface area contributed by atoms with E-state index in [4.69, 9.17) is 10.2 Å². The van der Waals surface area contributed by atoms with Crippen LogP contribution in [-0.2, 0) is 11.4 Å². The maximum atomic E-state index is 10.3. The first-order chi connectivity index (χ1) is 6.13. The first-order valence-electron chi connectivity index (χ1n) is 3.73. The number of carboxylic acid groups (broad SMARTS) is 1. The molecular weight excluding hydrogens is 188 g/mol. The van der Waals surface area contributed by atoms with E-state index in [0.29, 0.717) is 5.57 Å². The lowest BCUT2D eigenvalue weighted by Gasteiger charge is -1.92. The Labute approximate surface area is 80.0 Å². The molecule has 0 spiro atoms. The zero-order valence-corrected chi connectivity index (χ0v) is 7.97. The van der Waals surface area contributed by atoms with Crippen molar-refractivity contribution in [3.63, 3.8) is 0 Å². The summed E-state index contributed by atoms with van der Waals surface area (Å²) in [7, 11) is 0. The fourth-order valence-electron chi connectivity index (χ4n) is 0.922. The fraction of sp³-hybridized carbons (Fsp3) is 0.222. The van der Waals surface area contributed by atoms with Crippen molar-refractivity contribution in [2.75, 3.05) is 0 Å². The van der Waals surface area contributed by atoms with Crippen molar-refractivity contribution in [2.45, 2.75) is 13.5 Å². The normalized spacial score (nSPS) is 11.7. The second kappa shape index (κ2) is 4.20. The minimum Gasteiger partial charge on any atom is -0.478 e. The Kier molecular flexibility index (Phi) is 3.22. The molecule has 13 heavy (non-hydrogen) atoms. The highest BCUT2D eigenvalue weighted by Crippen LogP contribution is 2.22. The highest BCUT2D eigenvalue weighted by atomic mass is 32.1. The van der Waals surface area contributed by atoms with Crippen LogP contribution in [0.15, 0.2) is 17.5 Å². The summed E-state index contributed by atoms with van der Waals surface area (Å²) in [4.78, 5) is 11.2. The average molecular weight is 198 g/mol.